The monoisotopic (exact) mass is 279 g/mol. The molecule has 0 radical (unpaired) electrons. The summed E-state index contributed by atoms with van der Waals surface area (Å²) < 4.78 is 37.2. The van der Waals surface area contributed by atoms with Crippen molar-refractivity contribution in [1.29, 1.82) is 0 Å². The van der Waals surface area contributed by atoms with Gasteiger partial charge in [0.1, 0.15) is 16.0 Å². The van der Waals surface area contributed by atoms with Gasteiger partial charge in [0.15, 0.2) is 0 Å². The highest BCUT2D eigenvalue weighted by molar-refractivity contribution is 7.91. The third kappa shape index (κ3) is 5.22. The molecule has 1 aliphatic rings. The summed E-state index contributed by atoms with van der Waals surface area (Å²) in [6, 6.07) is 0. The first kappa shape index (κ1) is 15.9. The molecule has 5 heteroatoms. The predicted molar refractivity (Wildman–Crippen MR) is 73.2 cm³/mol. The Morgan fingerprint density at radius 1 is 1.33 bits per heavy atom. The van der Waals surface area contributed by atoms with E-state index in [1.165, 1.54) is 6.26 Å². The van der Waals surface area contributed by atoms with Gasteiger partial charge in [0.05, 0.1) is 5.25 Å². The molecule has 1 fully saturated rings. The summed E-state index contributed by atoms with van der Waals surface area (Å²) in [5.74, 6) is -0.117. The van der Waals surface area contributed by atoms with E-state index in [9.17, 15) is 12.8 Å². The standard InChI is InChI=1S/C13H26FNO2S/c1-13(2,3)15-9-12(14)10-6-5-7-11(8-10)18(4,16)17/h10-12,15H,5-9H2,1-4H3. The maximum absolute atomic E-state index is 14.1. The van der Waals surface area contributed by atoms with Gasteiger partial charge in [0, 0.05) is 18.3 Å². The molecule has 3 unspecified atom stereocenters. The molecule has 1 aliphatic carbocycles. The van der Waals surface area contributed by atoms with E-state index in [1.54, 1.807) is 0 Å². The Morgan fingerprint density at radius 2 is 1.94 bits per heavy atom. The molecule has 0 saturated heterocycles. The maximum Gasteiger partial charge on any atom is 0.150 e. The zero-order valence-corrected chi connectivity index (χ0v) is 12.7. The van der Waals surface area contributed by atoms with E-state index in [-0.39, 0.29) is 16.7 Å². The van der Waals surface area contributed by atoms with Gasteiger partial charge < -0.3 is 5.32 Å². The van der Waals surface area contributed by atoms with Crippen molar-refractivity contribution in [3.05, 3.63) is 0 Å². The lowest BCUT2D eigenvalue weighted by molar-refractivity contribution is 0.168. The van der Waals surface area contributed by atoms with Crippen molar-refractivity contribution >= 4 is 9.84 Å². The molecule has 0 aromatic carbocycles. The Balaban J connectivity index is 2.51. The first-order valence-corrected chi connectivity index (χ1v) is 8.63. The summed E-state index contributed by atoms with van der Waals surface area (Å²) in [6.45, 7) is 6.31. The lowest BCUT2D eigenvalue weighted by Crippen LogP contribution is -2.43. The van der Waals surface area contributed by atoms with E-state index in [1.807, 2.05) is 20.8 Å². The van der Waals surface area contributed by atoms with Crippen LogP contribution >= 0.6 is 0 Å². The zero-order valence-electron chi connectivity index (χ0n) is 11.9. The highest BCUT2D eigenvalue weighted by Gasteiger charge is 2.33. The third-order valence-corrected chi connectivity index (χ3v) is 5.25. The average Bonchev–Trinajstić information content (AvgIpc) is 2.24. The number of hydrogen-bond donors (Lipinski definition) is 1. The number of nitrogens with one attached hydrogen (secondary N) is 1. The van der Waals surface area contributed by atoms with Gasteiger partial charge in [-0.05, 0) is 46.0 Å². The summed E-state index contributed by atoms with van der Waals surface area (Å²) in [6.07, 6.45) is 3.10. The smallest absolute Gasteiger partial charge is 0.150 e. The fourth-order valence-electron chi connectivity index (χ4n) is 2.47. The van der Waals surface area contributed by atoms with Crippen molar-refractivity contribution in [2.24, 2.45) is 5.92 Å². The zero-order chi connectivity index (χ0) is 14.0. The van der Waals surface area contributed by atoms with E-state index < -0.39 is 16.0 Å². The second-order valence-corrected chi connectivity index (χ2v) is 8.85. The van der Waals surface area contributed by atoms with Gasteiger partial charge in [-0.1, -0.05) is 6.42 Å². The van der Waals surface area contributed by atoms with E-state index in [2.05, 4.69) is 5.32 Å². The minimum absolute atomic E-state index is 0.102. The van der Waals surface area contributed by atoms with E-state index in [4.69, 9.17) is 0 Å². The molecule has 0 spiro atoms. The molecule has 0 heterocycles. The van der Waals surface area contributed by atoms with Crippen LogP contribution in [0.5, 0.6) is 0 Å². The Kier molecular flexibility index (Phi) is 5.18. The molecule has 0 aromatic rings. The van der Waals surface area contributed by atoms with Gasteiger partial charge in [-0.15, -0.1) is 0 Å². The summed E-state index contributed by atoms with van der Waals surface area (Å²) in [5, 5.41) is 2.80. The fourth-order valence-corrected chi connectivity index (χ4v) is 3.66. The molecule has 0 bridgehead atoms. The molecule has 0 aromatic heterocycles. The largest absolute Gasteiger partial charge is 0.309 e. The van der Waals surface area contributed by atoms with Crippen LogP contribution in [-0.2, 0) is 9.84 Å². The second-order valence-electron chi connectivity index (χ2n) is 6.53. The topological polar surface area (TPSA) is 46.2 Å². The Bertz CT molecular complexity index is 362. The first-order valence-electron chi connectivity index (χ1n) is 6.67. The van der Waals surface area contributed by atoms with Crippen LogP contribution in [0.15, 0.2) is 0 Å². The number of alkyl halides is 1. The Hall–Kier alpha value is -0.160. The summed E-state index contributed by atoms with van der Waals surface area (Å²) in [5.41, 5.74) is -0.102. The molecule has 3 nitrogen and oxygen atoms in total. The molecule has 108 valence electrons. The lowest BCUT2D eigenvalue weighted by Gasteiger charge is -2.31. The normalized spacial score (nSPS) is 28.1. The van der Waals surface area contributed by atoms with Crippen LogP contribution in [0.1, 0.15) is 46.5 Å². The van der Waals surface area contributed by atoms with Gasteiger partial charge in [-0.2, -0.15) is 0 Å². The highest BCUT2D eigenvalue weighted by Crippen LogP contribution is 2.31. The van der Waals surface area contributed by atoms with Gasteiger partial charge in [-0.3, -0.25) is 0 Å². The quantitative estimate of drug-likeness (QED) is 0.859. The van der Waals surface area contributed by atoms with Crippen molar-refractivity contribution in [1.82, 2.24) is 5.32 Å². The molecule has 1 saturated carbocycles. The van der Waals surface area contributed by atoms with Crippen LogP contribution in [0, 0.1) is 5.92 Å². The molecule has 3 atom stereocenters. The van der Waals surface area contributed by atoms with Crippen molar-refractivity contribution < 1.29 is 12.8 Å². The molecule has 0 amide bonds. The van der Waals surface area contributed by atoms with Crippen LogP contribution in [0.25, 0.3) is 0 Å². The highest BCUT2D eigenvalue weighted by atomic mass is 32.2. The number of hydrogen-bond acceptors (Lipinski definition) is 3. The Morgan fingerprint density at radius 3 is 2.44 bits per heavy atom. The van der Waals surface area contributed by atoms with E-state index in [0.29, 0.717) is 19.4 Å². The number of sulfone groups is 1. The molecular weight excluding hydrogens is 253 g/mol. The van der Waals surface area contributed by atoms with Crippen molar-refractivity contribution in [2.75, 3.05) is 12.8 Å². The van der Waals surface area contributed by atoms with E-state index in [0.717, 1.165) is 12.8 Å². The van der Waals surface area contributed by atoms with Crippen LogP contribution < -0.4 is 5.32 Å². The SMILES string of the molecule is CC(C)(C)NCC(F)C1CCCC(S(C)(=O)=O)C1. The van der Waals surface area contributed by atoms with Crippen LogP contribution in [0.4, 0.5) is 4.39 Å². The third-order valence-electron chi connectivity index (χ3n) is 3.61. The van der Waals surface area contributed by atoms with Crippen LogP contribution in [-0.4, -0.2) is 38.2 Å². The van der Waals surface area contributed by atoms with Gasteiger partial charge in [0.25, 0.3) is 0 Å². The first-order chi connectivity index (χ1) is 8.09. The molecule has 1 rings (SSSR count). The minimum Gasteiger partial charge on any atom is -0.309 e. The van der Waals surface area contributed by atoms with Crippen molar-refractivity contribution in [2.45, 2.75) is 63.4 Å². The average molecular weight is 279 g/mol. The fraction of sp³-hybridized carbons (Fsp3) is 1.00. The molecular formula is C13H26FNO2S. The summed E-state index contributed by atoms with van der Waals surface area (Å²) in [4.78, 5) is 0. The van der Waals surface area contributed by atoms with Gasteiger partial charge in [0.2, 0.25) is 0 Å². The summed E-state index contributed by atoms with van der Waals surface area (Å²) >= 11 is 0. The second kappa shape index (κ2) is 5.87. The number of rotatable bonds is 4. The molecule has 1 N–H and O–H groups in total. The van der Waals surface area contributed by atoms with Crippen LogP contribution in [0.2, 0.25) is 0 Å². The minimum atomic E-state index is -3.02. The summed E-state index contributed by atoms with van der Waals surface area (Å²) in [7, 11) is -3.02. The van der Waals surface area contributed by atoms with Gasteiger partial charge >= 0.3 is 0 Å². The van der Waals surface area contributed by atoms with E-state index >= 15 is 0 Å². The van der Waals surface area contributed by atoms with Crippen molar-refractivity contribution in [3.8, 4) is 0 Å². The van der Waals surface area contributed by atoms with Gasteiger partial charge in [-0.25, -0.2) is 12.8 Å². The number of halogens is 1. The lowest BCUT2D eigenvalue weighted by atomic mass is 9.85. The predicted octanol–water partition coefficient (Wildman–Crippen LogP) is 2.32. The van der Waals surface area contributed by atoms with Crippen LogP contribution in [0.3, 0.4) is 0 Å². The molecule has 0 aliphatic heterocycles. The Labute approximate surface area is 110 Å². The van der Waals surface area contributed by atoms with Crippen molar-refractivity contribution in [3.63, 3.8) is 0 Å². The molecule has 18 heavy (non-hydrogen) atoms. The maximum atomic E-state index is 14.1.